The van der Waals surface area contributed by atoms with E-state index in [0.29, 0.717) is 35.5 Å². The molecule has 232 valence electrons. The number of methoxy groups -OCH3 is 1. The number of nitrogens with zero attached hydrogens (tertiary/aromatic N) is 1. The third kappa shape index (κ3) is 7.67. The summed E-state index contributed by atoms with van der Waals surface area (Å²) in [6.07, 6.45) is 2.78. The van der Waals surface area contributed by atoms with Gasteiger partial charge >= 0.3 is 0 Å². The number of anilines is 3. The average Bonchev–Trinajstić information content (AvgIpc) is 3.04. The minimum atomic E-state index is -0.593. The van der Waals surface area contributed by atoms with Crippen LogP contribution in [0.3, 0.4) is 0 Å². The van der Waals surface area contributed by atoms with Crippen LogP contribution in [0.2, 0.25) is 0 Å². The third-order valence-corrected chi connectivity index (χ3v) is 8.20. The highest BCUT2D eigenvalue weighted by atomic mass is 32.2. The van der Waals surface area contributed by atoms with Gasteiger partial charge in [-0.2, -0.15) is 0 Å². The first-order valence-corrected chi connectivity index (χ1v) is 15.5. The summed E-state index contributed by atoms with van der Waals surface area (Å²) >= 11 is 1.50. The van der Waals surface area contributed by atoms with E-state index in [1.807, 2.05) is 86.6 Å². The summed E-state index contributed by atoms with van der Waals surface area (Å²) in [5, 5.41) is 16.0. The van der Waals surface area contributed by atoms with E-state index in [1.165, 1.54) is 18.0 Å². The molecule has 1 heterocycles. The van der Waals surface area contributed by atoms with E-state index in [9.17, 15) is 9.59 Å². The van der Waals surface area contributed by atoms with Crippen LogP contribution < -0.4 is 21.1 Å². The maximum Gasteiger partial charge on any atom is 0.255 e. The van der Waals surface area contributed by atoms with Crippen LogP contribution in [0, 0.1) is 25.7 Å². The lowest BCUT2D eigenvalue weighted by molar-refractivity contribution is 0.0998. The molecule has 0 fully saturated rings. The molecule has 0 radical (unpaired) electrons. The molecule has 0 bridgehead atoms. The number of hydrogen-bond acceptors (Lipinski definition) is 7. The Kier molecular flexibility index (Phi) is 10.2. The van der Waals surface area contributed by atoms with Crippen molar-refractivity contribution < 1.29 is 19.4 Å². The molecule has 0 aliphatic heterocycles. The molecule has 0 saturated heterocycles. The maximum absolute atomic E-state index is 13.2. The summed E-state index contributed by atoms with van der Waals surface area (Å²) in [6, 6.07) is 24.5. The van der Waals surface area contributed by atoms with E-state index < -0.39 is 5.91 Å². The summed E-state index contributed by atoms with van der Waals surface area (Å²) in [5.74, 6) is 6.04. The van der Waals surface area contributed by atoms with Crippen LogP contribution in [0.5, 0.6) is 5.75 Å². The summed E-state index contributed by atoms with van der Waals surface area (Å²) in [7, 11) is 1.60. The van der Waals surface area contributed by atoms with Crippen molar-refractivity contribution in [2.24, 2.45) is 5.73 Å². The van der Waals surface area contributed by atoms with Gasteiger partial charge in [0.2, 0.25) is 0 Å². The smallest absolute Gasteiger partial charge is 0.255 e. The number of primary amides is 1. The largest absolute Gasteiger partial charge is 0.497 e. The van der Waals surface area contributed by atoms with Crippen LogP contribution in [0.1, 0.15) is 50.2 Å². The minimum Gasteiger partial charge on any atom is -0.497 e. The van der Waals surface area contributed by atoms with E-state index in [2.05, 4.69) is 27.5 Å². The number of nitrogens with one attached hydrogen (secondary N) is 2. The number of rotatable bonds is 10. The normalized spacial score (nSPS) is 10.6. The van der Waals surface area contributed by atoms with Crippen molar-refractivity contribution in [2.75, 3.05) is 24.4 Å². The zero-order valence-electron chi connectivity index (χ0n) is 25.8. The average molecular weight is 631 g/mol. The number of fused-ring (bicyclic) bond motifs is 1. The first-order valence-electron chi connectivity index (χ1n) is 14.7. The third-order valence-electron chi connectivity index (χ3n) is 7.24. The quantitative estimate of drug-likeness (QED) is 0.0947. The summed E-state index contributed by atoms with van der Waals surface area (Å²) in [6.45, 7) is 4.05. The van der Waals surface area contributed by atoms with Gasteiger partial charge in [0.05, 0.1) is 23.9 Å². The van der Waals surface area contributed by atoms with Crippen molar-refractivity contribution in [3.05, 3.63) is 113 Å². The van der Waals surface area contributed by atoms with Crippen LogP contribution >= 0.6 is 11.8 Å². The molecule has 2 amide bonds. The van der Waals surface area contributed by atoms with Crippen molar-refractivity contribution >= 4 is 51.5 Å². The van der Waals surface area contributed by atoms with Gasteiger partial charge in [0.1, 0.15) is 5.75 Å². The lowest BCUT2D eigenvalue weighted by Crippen LogP contribution is -2.14. The molecule has 5 aromatic rings. The predicted molar refractivity (Wildman–Crippen MR) is 184 cm³/mol. The SMILES string of the molecule is COc1cccc(Nc2c(C(N)=O)cnc3c(C)cc(Sc4cccc(C(=O)Nc5ccc(C#CCCCO)c(C)c5)c4)cc23)c1. The van der Waals surface area contributed by atoms with E-state index in [4.69, 9.17) is 15.6 Å². The number of aliphatic hydroxyl groups excluding tert-OH is 1. The molecule has 0 aliphatic rings. The highest BCUT2D eigenvalue weighted by Gasteiger charge is 2.17. The van der Waals surface area contributed by atoms with Crippen molar-refractivity contribution in [1.82, 2.24) is 4.98 Å². The summed E-state index contributed by atoms with van der Waals surface area (Å²) in [5.41, 5.74) is 12.0. The fourth-order valence-corrected chi connectivity index (χ4v) is 5.94. The number of carbonyl (C=O) groups is 2. The van der Waals surface area contributed by atoms with Crippen LogP contribution in [-0.2, 0) is 0 Å². The highest BCUT2D eigenvalue weighted by Crippen LogP contribution is 2.37. The predicted octanol–water partition coefficient (Wildman–Crippen LogP) is 7.23. The van der Waals surface area contributed by atoms with Crippen molar-refractivity contribution in [1.29, 1.82) is 0 Å². The Morgan fingerprint density at radius 3 is 2.54 bits per heavy atom. The molecular weight excluding hydrogens is 596 g/mol. The lowest BCUT2D eigenvalue weighted by Gasteiger charge is -2.16. The van der Waals surface area contributed by atoms with Gasteiger partial charge in [-0.1, -0.05) is 35.7 Å². The van der Waals surface area contributed by atoms with Gasteiger partial charge in [0.15, 0.2) is 0 Å². The second-order valence-electron chi connectivity index (χ2n) is 10.6. The van der Waals surface area contributed by atoms with Gasteiger partial charge in [-0.25, -0.2) is 0 Å². The van der Waals surface area contributed by atoms with Crippen LogP contribution in [0.25, 0.3) is 10.9 Å². The number of aromatic nitrogens is 1. The molecule has 46 heavy (non-hydrogen) atoms. The maximum atomic E-state index is 13.2. The first-order chi connectivity index (χ1) is 22.2. The van der Waals surface area contributed by atoms with Crippen LogP contribution in [0.15, 0.2) is 94.9 Å². The Labute approximate surface area is 272 Å². The number of hydrogen-bond donors (Lipinski definition) is 4. The van der Waals surface area contributed by atoms with Crippen LogP contribution in [0.4, 0.5) is 17.1 Å². The zero-order valence-corrected chi connectivity index (χ0v) is 26.6. The molecule has 0 spiro atoms. The number of aliphatic hydroxyl groups is 1. The number of ether oxygens (including phenoxy) is 1. The molecule has 4 aromatic carbocycles. The highest BCUT2D eigenvalue weighted by molar-refractivity contribution is 7.99. The summed E-state index contributed by atoms with van der Waals surface area (Å²) in [4.78, 5) is 32.0. The molecule has 0 saturated carbocycles. The lowest BCUT2D eigenvalue weighted by atomic mass is 10.1. The molecule has 9 heteroatoms. The standard InChI is InChI=1S/C37H34N4O4S/c1-23-17-28(15-14-25(23)9-5-4-6-16-42)41-37(44)26-10-7-13-30(19-26)46-31-18-24(2)34-32(21-31)35(33(22-39-34)36(38)43)40-27-11-8-12-29(20-27)45-3/h7-8,10-15,17-22,42H,4,6,16H2,1-3H3,(H2,38,43)(H,39,40)(H,41,44). The minimum absolute atomic E-state index is 0.124. The molecule has 0 unspecified atom stereocenters. The van der Waals surface area contributed by atoms with Gasteiger partial charge in [-0.15, -0.1) is 0 Å². The van der Waals surface area contributed by atoms with E-state index in [1.54, 1.807) is 13.2 Å². The second-order valence-corrected chi connectivity index (χ2v) is 11.8. The van der Waals surface area contributed by atoms with Gasteiger partial charge in [-0.3, -0.25) is 14.6 Å². The molecule has 0 aliphatic carbocycles. The van der Waals surface area contributed by atoms with E-state index >= 15 is 0 Å². The molecule has 0 atom stereocenters. The molecular formula is C37H34N4O4S. The Hall–Kier alpha value is -5.30. The number of nitrogens with two attached hydrogens (primary N) is 1. The number of amides is 2. The molecule has 5 N–H and O–H groups in total. The number of unbranched alkanes of at least 4 members (excludes halogenated alkanes) is 1. The molecule has 5 rings (SSSR count). The van der Waals surface area contributed by atoms with E-state index in [0.717, 1.165) is 43.1 Å². The fourth-order valence-electron chi connectivity index (χ4n) is 4.92. The Balaban J connectivity index is 1.40. The van der Waals surface area contributed by atoms with Crippen molar-refractivity contribution in [3.63, 3.8) is 0 Å². The fraction of sp³-hybridized carbons (Fsp3) is 0.162. The van der Waals surface area contributed by atoms with Gasteiger partial charge < -0.3 is 26.2 Å². The van der Waals surface area contributed by atoms with Gasteiger partial charge in [-0.05, 0) is 92.1 Å². The number of carbonyl (C=O) groups excluding carboxylic acids is 2. The Bertz CT molecular complexity index is 2000. The monoisotopic (exact) mass is 630 g/mol. The van der Waals surface area contributed by atoms with Crippen LogP contribution in [-0.4, -0.2) is 35.6 Å². The van der Waals surface area contributed by atoms with Gasteiger partial charge in [0.25, 0.3) is 11.8 Å². The first kappa shape index (κ1) is 32.1. The van der Waals surface area contributed by atoms with Crippen molar-refractivity contribution in [2.45, 2.75) is 36.5 Å². The molecule has 8 nitrogen and oxygen atoms in total. The summed E-state index contributed by atoms with van der Waals surface area (Å²) < 4.78 is 5.36. The van der Waals surface area contributed by atoms with Crippen molar-refractivity contribution in [3.8, 4) is 17.6 Å². The number of aryl methyl sites for hydroxylation is 2. The Morgan fingerprint density at radius 1 is 0.957 bits per heavy atom. The van der Waals surface area contributed by atoms with Gasteiger partial charge in [0, 0.05) is 63.0 Å². The number of benzene rings is 4. The molecule has 1 aromatic heterocycles. The number of pyridine rings is 1. The zero-order chi connectivity index (χ0) is 32.6. The Morgan fingerprint density at radius 2 is 1.78 bits per heavy atom. The second kappa shape index (κ2) is 14.7. The topological polar surface area (TPSA) is 127 Å². The van der Waals surface area contributed by atoms with E-state index in [-0.39, 0.29) is 18.1 Å².